The van der Waals surface area contributed by atoms with Gasteiger partial charge < -0.3 is 11.1 Å². The minimum Gasteiger partial charge on any atom is -0.397 e. The number of sulfone groups is 1. The first-order valence-electron chi connectivity index (χ1n) is 6.35. The molecule has 0 fully saturated rings. The number of carbonyl (C=O) groups excluding carboxylic acids is 1. The molecular weight excluding hydrogens is 300 g/mol. The van der Waals surface area contributed by atoms with Crippen LogP contribution in [0.3, 0.4) is 0 Å². The highest BCUT2D eigenvalue weighted by Gasteiger charge is 2.27. The van der Waals surface area contributed by atoms with Crippen LogP contribution in [0.2, 0.25) is 5.02 Å². The van der Waals surface area contributed by atoms with Gasteiger partial charge in [-0.25, -0.2) is 8.42 Å². The molecule has 20 heavy (non-hydrogen) atoms. The van der Waals surface area contributed by atoms with E-state index in [0.29, 0.717) is 22.8 Å². The number of nitrogens with two attached hydrogens (primary N) is 1. The van der Waals surface area contributed by atoms with Crippen molar-refractivity contribution in [2.75, 3.05) is 16.8 Å². The van der Waals surface area contributed by atoms with Crippen LogP contribution >= 0.6 is 11.6 Å². The average molecular weight is 319 g/mol. The van der Waals surface area contributed by atoms with E-state index in [-0.39, 0.29) is 5.75 Å². The Morgan fingerprint density at radius 3 is 2.65 bits per heavy atom. The highest BCUT2D eigenvalue weighted by atomic mass is 35.5. The Morgan fingerprint density at radius 1 is 1.45 bits per heavy atom. The van der Waals surface area contributed by atoms with Crippen LogP contribution < -0.4 is 11.1 Å². The van der Waals surface area contributed by atoms with Crippen LogP contribution in [-0.4, -0.2) is 25.3 Å². The largest absolute Gasteiger partial charge is 0.397 e. The van der Waals surface area contributed by atoms with Gasteiger partial charge in [0, 0.05) is 5.69 Å². The van der Waals surface area contributed by atoms with Gasteiger partial charge in [-0.1, -0.05) is 24.9 Å². The minimum atomic E-state index is -3.43. The number of carbonyl (C=O) groups is 1. The topological polar surface area (TPSA) is 89.3 Å². The van der Waals surface area contributed by atoms with Gasteiger partial charge in [0.1, 0.15) is 5.25 Å². The molecule has 0 aliphatic rings. The van der Waals surface area contributed by atoms with Gasteiger partial charge in [0.25, 0.3) is 0 Å². The monoisotopic (exact) mass is 318 g/mol. The molecule has 0 spiro atoms. The maximum absolute atomic E-state index is 12.0. The Kier molecular flexibility index (Phi) is 5.83. The van der Waals surface area contributed by atoms with Gasteiger partial charge >= 0.3 is 0 Å². The summed E-state index contributed by atoms with van der Waals surface area (Å²) in [5.41, 5.74) is 6.37. The van der Waals surface area contributed by atoms with E-state index >= 15 is 0 Å². The second-order valence-electron chi connectivity index (χ2n) is 4.59. The molecule has 112 valence electrons. The highest BCUT2D eigenvalue weighted by molar-refractivity contribution is 7.92. The number of unbranched alkanes of at least 4 members (excludes halogenated alkanes) is 1. The number of halogens is 1. The molecule has 3 N–H and O–H groups in total. The maximum Gasteiger partial charge on any atom is 0.242 e. The van der Waals surface area contributed by atoms with Crippen molar-refractivity contribution in [3.05, 3.63) is 23.2 Å². The molecular formula is C13H19ClN2O3S. The van der Waals surface area contributed by atoms with Crippen LogP contribution in [0.1, 0.15) is 26.7 Å². The Bertz CT molecular complexity index is 587. The van der Waals surface area contributed by atoms with Gasteiger partial charge in [0.05, 0.1) is 16.5 Å². The molecule has 1 atom stereocenters. The first-order valence-corrected chi connectivity index (χ1v) is 8.44. The standard InChI is InChI=1S/C13H19ClN2O3S/c1-3-4-7-20(18,19)9(2)13(17)16-10-5-6-11(14)12(15)8-10/h5-6,8-9H,3-4,7,15H2,1-2H3,(H,16,17). The number of benzene rings is 1. The minimum absolute atomic E-state index is 0.0147. The van der Waals surface area contributed by atoms with E-state index < -0.39 is 21.0 Å². The molecule has 1 unspecified atom stereocenters. The zero-order chi connectivity index (χ0) is 15.3. The summed E-state index contributed by atoms with van der Waals surface area (Å²) in [5.74, 6) is -0.552. The Morgan fingerprint density at radius 2 is 2.10 bits per heavy atom. The normalized spacial score (nSPS) is 12.9. The quantitative estimate of drug-likeness (QED) is 0.788. The number of rotatable bonds is 6. The number of hydrogen-bond donors (Lipinski definition) is 2. The zero-order valence-electron chi connectivity index (χ0n) is 11.5. The predicted octanol–water partition coefficient (Wildman–Crippen LogP) is 2.46. The predicted molar refractivity (Wildman–Crippen MR) is 82.7 cm³/mol. The molecule has 0 saturated heterocycles. The second kappa shape index (κ2) is 6.95. The molecule has 1 aromatic rings. The molecule has 0 heterocycles. The molecule has 1 aromatic carbocycles. The van der Waals surface area contributed by atoms with Crippen molar-refractivity contribution in [3.63, 3.8) is 0 Å². The van der Waals surface area contributed by atoms with Crippen LogP contribution in [0.15, 0.2) is 18.2 Å². The van der Waals surface area contributed by atoms with Crippen molar-refractivity contribution in [3.8, 4) is 0 Å². The maximum atomic E-state index is 12.0. The lowest BCUT2D eigenvalue weighted by molar-refractivity contribution is -0.115. The number of hydrogen-bond acceptors (Lipinski definition) is 4. The fourth-order valence-corrected chi connectivity index (χ4v) is 3.10. The molecule has 0 bridgehead atoms. The van der Waals surface area contributed by atoms with Crippen LogP contribution in [0.4, 0.5) is 11.4 Å². The fourth-order valence-electron chi connectivity index (χ4n) is 1.55. The molecule has 1 amide bonds. The van der Waals surface area contributed by atoms with E-state index in [9.17, 15) is 13.2 Å². The van der Waals surface area contributed by atoms with Gasteiger partial charge in [0.15, 0.2) is 9.84 Å². The number of nitrogens with one attached hydrogen (secondary N) is 1. The number of anilines is 2. The summed E-state index contributed by atoms with van der Waals surface area (Å²) in [6.07, 6.45) is 1.31. The van der Waals surface area contributed by atoms with Gasteiger partial charge in [-0.3, -0.25) is 4.79 Å². The van der Waals surface area contributed by atoms with Crippen molar-refractivity contribution in [1.82, 2.24) is 0 Å². The van der Waals surface area contributed by atoms with Crippen molar-refractivity contribution >= 4 is 38.7 Å². The molecule has 0 radical (unpaired) electrons. The summed E-state index contributed by atoms with van der Waals surface area (Å²) in [5, 5.41) is 1.82. The van der Waals surface area contributed by atoms with E-state index in [1.807, 2.05) is 6.92 Å². The molecule has 0 saturated carbocycles. The SMILES string of the molecule is CCCCS(=O)(=O)C(C)C(=O)Nc1ccc(Cl)c(N)c1. The second-order valence-corrected chi connectivity index (χ2v) is 7.44. The van der Waals surface area contributed by atoms with Gasteiger partial charge in [-0.05, 0) is 31.5 Å². The Hall–Kier alpha value is -1.27. The van der Waals surface area contributed by atoms with Crippen LogP contribution in [-0.2, 0) is 14.6 Å². The summed E-state index contributed by atoms with van der Waals surface area (Å²) < 4.78 is 23.9. The molecule has 7 heteroatoms. The first kappa shape index (κ1) is 16.8. The third-order valence-corrected chi connectivity index (χ3v) is 5.45. The number of nitrogen functional groups attached to an aromatic ring is 1. The third kappa shape index (κ3) is 4.38. The summed E-state index contributed by atoms with van der Waals surface area (Å²) >= 11 is 5.78. The molecule has 5 nitrogen and oxygen atoms in total. The zero-order valence-corrected chi connectivity index (χ0v) is 13.1. The number of amides is 1. The summed E-state index contributed by atoms with van der Waals surface area (Å²) in [7, 11) is -3.43. The van der Waals surface area contributed by atoms with E-state index in [1.165, 1.54) is 13.0 Å². The van der Waals surface area contributed by atoms with Crippen LogP contribution in [0.5, 0.6) is 0 Å². The average Bonchev–Trinajstić information content (AvgIpc) is 2.39. The summed E-state index contributed by atoms with van der Waals surface area (Å²) in [6, 6.07) is 4.61. The Labute approximate surface area is 124 Å². The molecule has 0 aromatic heterocycles. The van der Waals surface area contributed by atoms with Gasteiger partial charge in [-0.15, -0.1) is 0 Å². The summed E-state index contributed by atoms with van der Waals surface area (Å²) in [4.78, 5) is 12.0. The molecule has 0 aliphatic heterocycles. The van der Waals surface area contributed by atoms with Crippen LogP contribution in [0.25, 0.3) is 0 Å². The lowest BCUT2D eigenvalue weighted by Crippen LogP contribution is -2.34. The lowest BCUT2D eigenvalue weighted by Gasteiger charge is -2.13. The first-order chi connectivity index (χ1) is 9.27. The molecule has 1 rings (SSSR count). The fraction of sp³-hybridized carbons (Fsp3) is 0.462. The third-order valence-electron chi connectivity index (χ3n) is 2.95. The van der Waals surface area contributed by atoms with Crippen molar-refractivity contribution in [2.45, 2.75) is 31.9 Å². The van der Waals surface area contributed by atoms with E-state index in [2.05, 4.69) is 5.32 Å². The van der Waals surface area contributed by atoms with Gasteiger partial charge in [-0.2, -0.15) is 0 Å². The van der Waals surface area contributed by atoms with Crippen molar-refractivity contribution < 1.29 is 13.2 Å². The van der Waals surface area contributed by atoms with Crippen LogP contribution in [0, 0.1) is 0 Å². The van der Waals surface area contributed by atoms with Gasteiger partial charge in [0.2, 0.25) is 5.91 Å². The highest BCUT2D eigenvalue weighted by Crippen LogP contribution is 2.22. The smallest absolute Gasteiger partial charge is 0.242 e. The van der Waals surface area contributed by atoms with E-state index in [1.54, 1.807) is 12.1 Å². The summed E-state index contributed by atoms with van der Waals surface area (Å²) in [6.45, 7) is 3.29. The van der Waals surface area contributed by atoms with Crippen molar-refractivity contribution in [1.29, 1.82) is 0 Å². The van der Waals surface area contributed by atoms with Crippen molar-refractivity contribution in [2.24, 2.45) is 0 Å². The lowest BCUT2D eigenvalue weighted by atomic mass is 10.2. The molecule has 0 aliphatic carbocycles. The van der Waals surface area contributed by atoms with E-state index in [4.69, 9.17) is 17.3 Å². The Balaban J connectivity index is 2.77. The van der Waals surface area contributed by atoms with E-state index in [0.717, 1.165) is 6.42 Å².